The summed E-state index contributed by atoms with van der Waals surface area (Å²) in [5.41, 5.74) is -0.957. The molecule has 25 heavy (non-hydrogen) atoms. The molecule has 0 spiro atoms. The Balaban J connectivity index is 2.13. The maximum atomic E-state index is 12.3. The summed E-state index contributed by atoms with van der Waals surface area (Å²) in [5, 5.41) is 10.9. The molecule has 1 atom stereocenters. The van der Waals surface area contributed by atoms with Gasteiger partial charge in [0.2, 0.25) is 0 Å². The van der Waals surface area contributed by atoms with Crippen molar-refractivity contribution in [1.29, 1.82) is 0 Å². The van der Waals surface area contributed by atoms with Crippen LogP contribution >= 0.6 is 22.6 Å². The molecule has 0 amide bonds. The number of carbonyl (C=O) groups is 2. The summed E-state index contributed by atoms with van der Waals surface area (Å²) in [7, 11) is 0. The predicted molar refractivity (Wildman–Crippen MR) is 101 cm³/mol. The first-order valence-corrected chi connectivity index (χ1v) is 8.89. The molecule has 0 saturated carbocycles. The molecule has 0 saturated heterocycles. The van der Waals surface area contributed by atoms with Crippen LogP contribution in [0, 0.1) is 3.57 Å². The number of ether oxygens (including phenoxy) is 2. The fourth-order valence-electron chi connectivity index (χ4n) is 2.27. The Hall–Kier alpha value is -1.93. The van der Waals surface area contributed by atoms with Gasteiger partial charge in [-0.3, -0.25) is 4.79 Å². The molecule has 0 fully saturated rings. The van der Waals surface area contributed by atoms with E-state index in [1.165, 1.54) is 0 Å². The van der Waals surface area contributed by atoms with Gasteiger partial charge in [0, 0.05) is 3.57 Å². The van der Waals surface area contributed by atoms with Crippen molar-refractivity contribution in [2.24, 2.45) is 0 Å². The predicted octanol–water partition coefficient (Wildman–Crippen LogP) is 3.18. The van der Waals surface area contributed by atoms with Crippen LogP contribution < -0.4 is 0 Å². The third kappa shape index (κ3) is 5.27. The average Bonchev–Trinajstić information content (AvgIpc) is 2.61. The van der Waals surface area contributed by atoms with Crippen molar-refractivity contribution in [3.8, 4) is 0 Å². The molecule has 0 aliphatic rings. The maximum Gasteiger partial charge on any atom is 0.343 e. The lowest BCUT2D eigenvalue weighted by Crippen LogP contribution is -2.40. The fraction of sp³-hybridized carbons (Fsp3) is 0.263. The highest BCUT2D eigenvalue weighted by molar-refractivity contribution is 14.1. The van der Waals surface area contributed by atoms with E-state index in [2.05, 4.69) is 22.6 Å². The summed E-state index contributed by atoms with van der Waals surface area (Å²) in [4.78, 5) is 24.5. The van der Waals surface area contributed by atoms with Crippen molar-refractivity contribution < 1.29 is 24.2 Å². The largest absolute Gasteiger partial charge is 0.464 e. The average molecular weight is 454 g/mol. The standard InChI is InChI=1S/C19H19IO5/c1-2-24-18(22)19(23,15-8-10-16(20)11-9-15)12-17(21)25-13-14-6-4-3-5-7-14/h3-11,23H,2,12-13H2,1H3/t19-/m0/s1. The molecule has 0 radical (unpaired) electrons. The molecule has 2 rings (SSSR count). The summed E-state index contributed by atoms with van der Waals surface area (Å²) >= 11 is 2.11. The minimum atomic E-state index is -2.08. The minimum Gasteiger partial charge on any atom is -0.464 e. The second-order valence-electron chi connectivity index (χ2n) is 5.41. The summed E-state index contributed by atoms with van der Waals surface area (Å²) in [6, 6.07) is 15.9. The van der Waals surface area contributed by atoms with Gasteiger partial charge >= 0.3 is 11.9 Å². The monoisotopic (exact) mass is 454 g/mol. The van der Waals surface area contributed by atoms with Crippen LogP contribution in [-0.4, -0.2) is 23.7 Å². The highest BCUT2D eigenvalue weighted by Crippen LogP contribution is 2.28. The van der Waals surface area contributed by atoms with Gasteiger partial charge in [-0.05, 0) is 52.8 Å². The highest BCUT2D eigenvalue weighted by atomic mass is 127. The second kappa shape index (κ2) is 8.96. The lowest BCUT2D eigenvalue weighted by atomic mass is 9.90. The van der Waals surface area contributed by atoms with Crippen LogP contribution in [-0.2, 0) is 31.3 Å². The van der Waals surface area contributed by atoms with E-state index >= 15 is 0 Å². The van der Waals surface area contributed by atoms with Gasteiger partial charge in [-0.25, -0.2) is 4.79 Å². The van der Waals surface area contributed by atoms with Crippen LogP contribution in [0.15, 0.2) is 54.6 Å². The molecule has 1 N–H and O–H groups in total. The van der Waals surface area contributed by atoms with E-state index in [1.807, 2.05) is 30.3 Å². The van der Waals surface area contributed by atoms with Crippen LogP contribution in [0.5, 0.6) is 0 Å². The Morgan fingerprint density at radius 2 is 1.68 bits per heavy atom. The zero-order valence-electron chi connectivity index (χ0n) is 13.8. The van der Waals surface area contributed by atoms with Gasteiger partial charge in [-0.1, -0.05) is 42.5 Å². The Kier molecular flexibility index (Phi) is 6.95. The molecule has 0 unspecified atom stereocenters. The lowest BCUT2D eigenvalue weighted by molar-refractivity contribution is -0.174. The van der Waals surface area contributed by atoms with E-state index in [0.717, 1.165) is 9.13 Å². The van der Waals surface area contributed by atoms with E-state index in [4.69, 9.17) is 9.47 Å². The van der Waals surface area contributed by atoms with Gasteiger partial charge in [0.05, 0.1) is 13.0 Å². The Labute approximate surface area is 160 Å². The molecule has 2 aromatic rings. The number of rotatable bonds is 7. The maximum absolute atomic E-state index is 12.3. The summed E-state index contributed by atoms with van der Waals surface area (Å²) in [6.07, 6.45) is -0.515. The molecule has 0 bridgehead atoms. The number of esters is 2. The lowest BCUT2D eigenvalue weighted by Gasteiger charge is -2.25. The first-order chi connectivity index (χ1) is 12.0. The zero-order valence-corrected chi connectivity index (χ0v) is 15.9. The van der Waals surface area contributed by atoms with Gasteiger partial charge in [0.25, 0.3) is 0 Å². The third-order valence-electron chi connectivity index (χ3n) is 3.58. The Morgan fingerprint density at radius 3 is 2.28 bits per heavy atom. The van der Waals surface area contributed by atoms with Crippen LogP contribution in [0.25, 0.3) is 0 Å². The Morgan fingerprint density at radius 1 is 1.04 bits per heavy atom. The number of benzene rings is 2. The van der Waals surface area contributed by atoms with Crippen molar-refractivity contribution in [2.45, 2.75) is 25.6 Å². The highest BCUT2D eigenvalue weighted by Gasteiger charge is 2.42. The smallest absolute Gasteiger partial charge is 0.343 e. The van der Waals surface area contributed by atoms with Crippen LogP contribution in [0.4, 0.5) is 0 Å². The molecule has 5 nitrogen and oxygen atoms in total. The number of carbonyl (C=O) groups excluding carboxylic acids is 2. The van der Waals surface area contributed by atoms with Crippen molar-refractivity contribution >= 4 is 34.5 Å². The quantitative estimate of drug-likeness (QED) is 0.514. The number of hydrogen-bond donors (Lipinski definition) is 1. The summed E-state index contributed by atoms with van der Waals surface area (Å²) in [5.74, 6) is -1.55. The van der Waals surface area contributed by atoms with Crippen LogP contribution in [0.1, 0.15) is 24.5 Å². The number of aliphatic hydroxyl groups is 1. The molecule has 2 aromatic carbocycles. The topological polar surface area (TPSA) is 72.8 Å². The fourth-order valence-corrected chi connectivity index (χ4v) is 2.63. The molecular weight excluding hydrogens is 435 g/mol. The van der Waals surface area contributed by atoms with Gasteiger partial charge < -0.3 is 14.6 Å². The van der Waals surface area contributed by atoms with E-state index < -0.39 is 24.0 Å². The van der Waals surface area contributed by atoms with Gasteiger partial charge in [-0.15, -0.1) is 0 Å². The van der Waals surface area contributed by atoms with Crippen molar-refractivity contribution in [3.05, 3.63) is 69.3 Å². The van der Waals surface area contributed by atoms with E-state index in [9.17, 15) is 14.7 Å². The van der Waals surface area contributed by atoms with Crippen molar-refractivity contribution in [1.82, 2.24) is 0 Å². The van der Waals surface area contributed by atoms with Crippen LogP contribution in [0.2, 0.25) is 0 Å². The molecule has 6 heteroatoms. The van der Waals surface area contributed by atoms with Gasteiger partial charge in [0.1, 0.15) is 6.61 Å². The van der Waals surface area contributed by atoms with Crippen LogP contribution in [0.3, 0.4) is 0 Å². The molecule has 0 aliphatic carbocycles. The molecule has 0 aromatic heterocycles. The first-order valence-electron chi connectivity index (χ1n) is 7.81. The normalized spacial score (nSPS) is 12.9. The zero-order chi connectivity index (χ0) is 18.3. The number of halogens is 1. The number of hydrogen-bond acceptors (Lipinski definition) is 5. The Bertz CT molecular complexity index is 714. The van der Waals surface area contributed by atoms with E-state index in [1.54, 1.807) is 31.2 Å². The molecule has 0 heterocycles. The molecule has 0 aliphatic heterocycles. The SMILES string of the molecule is CCOC(=O)[C@](O)(CC(=O)OCc1ccccc1)c1ccc(I)cc1. The van der Waals surface area contributed by atoms with Crippen molar-refractivity contribution in [2.75, 3.05) is 6.61 Å². The van der Waals surface area contributed by atoms with Gasteiger partial charge in [0.15, 0.2) is 5.60 Å². The third-order valence-corrected chi connectivity index (χ3v) is 4.30. The van der Waals surface area contributed by atoms with Crippen molar-refractivity contribution in [3.63, 3.8) is 0 Å². The second-order valence-corrected chi connectivity index (χ2v) is 6.66. The summed E-state index contributed by atoms with van der Waals surface area (Å²) in [6.45, 7) is 1.82. The summed E-state index contributed by atoms with van der Waals surface area (Å²) < 4.78 is 11.1. The van der Waals surface area contributed by atoms with E-state index in [0.29, 0.717) is 5.56 Å². The molecule has 132 valence electrons. The van der Waals surface area contributed by atoms with Gasteiger partial charge in [-0.2, -0.15) is 0 Å². The molecular formula is C19H19IO5. The van der Waals surface area contributed by atoms with E-state index in [-0.39, 0.29) is 13.2 Å². The first kappa shape index (κ1) is 19.4. The minimum absolute atomic E-state index is 0.0747.